The number of hydrogen-bond acceptors (Lipinski definition) is 6. The fraction of sp³-hybridized carbons (Fsp3) is 0.368. The third-order valence-electron chi connectivity index (χ3n) is 4.38. The summed E-state index contributed by atoms with van der Waals surface area (Å²) in [6.45, 7) is 4.14. The van der Waals surface area contributed by atoms with Gasteiger partial charge in [0.1, 0.15) is 11.3 Å². The monoisotopic (exact) mass is 354 g/mol. The summed E-state index contributed by atoms with van der Waals surface area (Å²) in [5, 5.41) is 3.39. The van der Waals surface area contributed by atoms with Crippen molar-refractivity contribution < 1.29 is 4.74 Å². The van der Waals surface area contributed by atoms with Gasteiger partial charge in [-0.3, -0.25) is 0 Å². The van der Waals surface area contributed by atoms with E-state index in [0.29, 0.717) is 13.1 Å². The standard InChI is InChI=1S/C19H26N6O/c1-3-4-8-22-18-17-15(23-19(21)24-18)7-9-25(17)12-14-6-5-13(11-20)10-16(14)26-2/h5-7,9-10H,3-4,8,11-12,20H2,1-2H3,(H3,21,22,23,24). The maximum Gasteiger partial charge on any atom is 0.222 e. The highest BCUT2D eigenvalue weighted by molar-refractivity contribution is 5.87. The van der Waals surface area contributed by atoms with Gasteiger partial charge in [0.05, 0.1) is 19.2 Å². The molecule has 0 aliphatic rings. The van der Waals surface area contributed by atoms with Crippen LogP contribution in [0.2, 0.25) is 0 Å². The molecule has 0 saturated heterocycles. The van der Waals surface area contributed by atoms with Crippen LogP contribution in [0.4, 0.5) is 11.8 Å². The fourth-order valence-electron chi connectivity index (χ4n) is 2.99. The third-order valence-corrected chi connectivity index (χ3v) is 4.38. The average molecular weight is 354 g/mol. The van der Waals surface area contributed by atoms with Crippen LogP contribution < -0.4 is 21.5 Å². The number of anilines is 2. The van der Waals surface area contributed by atoms with Gasteiger partial charge in [0, 0.05) is 24.8 Å². The number of nitrogens with one attached hydrogen (secondary N) is 1. The fourth-order valence-corrected chi connectivity index (χ4v) is 2.99. The molecule has 1 aromatic carbocycles. The molecule has 0 spiro atoms. The topological polar surface area (TPSA) is 104 Å². The Balaban J connectivity index is 1.98. The van der Waals surface area contributed by atoms with Crippen molar-refractivity contribution >= 4 is 22.8 Å². The number of ether oxygens (including phenoxy) is 1. The van der Waals surface area contributed by atoms with E-state index in [1.807, 2.05) is 24.4 Å². The maximum atomic E-state index is 5.87. The predicted molar refractivity (Wildman–Crippen MR) is 105 cm³/mol. The molecule has 0 aliphatic carbocycles. The zero-order valence-electron chi connectivity index (χ0n) is 15.3. The second-order valence-electron chi connectivity index (χ2n) is 6.24. The largest absolute Gasteiger partial charge is 0.496 e. The van der Waals surface area contributed by atoms with Crippen molar-refractivity contribution in [3.63, 3.8) is 0 Å². The van der Waals surface area contributed by atoms with Gasteiger partial charge in [-0.1, -0.05) is 25.5 Å². The Kier molecular flexibility index (Phi) is 5.58. The Morgan fingerprint density at radius 3 is 2.81 bits per heavy atom. The van der Waals surface area contributed by atoms with E-state index < -0.39 is 0 Å². The molecule has 0 unspecified atom stereocenters. The van der Waals surface area contributed by atoms with Crippen molar-refractivity contribution in [1.82, 2.24) is 14.5 Å². The van der Waals surface area contributed by atoms with Gasteiger partial charge in [-0.15, -0.1) is 0 Å². The number of rotatable bonds is 8. The smallest absolute Gasteiger partial charge is 0.222 e. The molecule has 2 aromatic heterocycles. The van der Waals surface area contributed by atoms with Gasteiger partial charge in [0.2, 0.25) is 5.95 Å². The number of fused-ring (bicyclic) bond motifs is 1. The van der Waals surface area contributed by atoms with Gasteiger partial charge >= 0.3 is 0 Å². The van der Waals surface area contributed by atoms with Crippen molar-refractivity contribution in [3.05, 3.63) is 41.6 Å². The summed E-state index contributed by atoms with van der Waals surface area (Å²) in [5.74, 6) is 1.87. The normalized spacial score (nSPS) is 11.0. The SMILES string of the molecule is CCCCNc1nc(N)nc2ccn(Cc3ccc(CN)cc3OC)c12. The number of unbranched alkanes of at least 4 members (excludes halogenated alkanes) is 1. The molecular weight excluding hydrogens is 328 g/mol. The van der Waals surface area contributed by atoms with Crippen molar-refractivity contribution in [1.29, 1.82) is 0 Å². The van der Waals surface area contributed by atoms with E-state index >= 15 is 0 Å². The van der Waals surface area contributed by atoms with Crippen LogP contribution in [0.25, 0.3) is 11.0 Å². The van der Waals surface area contributed by atoms with Gasteiger partial charge in [-0.2, -0.15) is 4.98 Å². The molecule has 138 valence electrons. The van der Waals surface area contributed by atoms with Crippen LogP contribution in [-0.4, -0.2) is 28.2 Å². The molecule has 0 aliphatic heterocycles. The number of nitrogens with zero attached hydrogens (tertiary/aromatic N) is 3. The predicted octanol–water partition coefficient (Wildman–Crippen LogP) is 2.74. The Morgan fingerprint density at radius 2 is 2.08 bits per heavy atom. The summed E-state index contributed by atoms with van der Waals surface area (Å²) >= 11 is 0. The highest BCUT2D eigenvalue weighted by Gasteiger charge is 2.13. The zero-order chi connectivity index (χ0) is 18.5. The lowest BCUT2D eigenvalue weighted by molar-refractivity contribution is 0.408. The highest BCUT2D eigenvalue weighted by atomic mass is 16.5. The first-order chi connectivity index (χ1) is 12.7. The minimum Gasteiger partial charge on any atom is -0.496 e. The molecule has 3 aromatic rings. The lowest BCUT2D eigenvalue weighted by Gasteiger charge is -2.14. The molecule has 5 N–H and O–H groups in total. The Bertz CT molecular complexity index is 889. The number of methoxy groups -OCH3 is 1. The van der Waals surface area contributed by atoms with E-state index in [4.69, 9.17) is 16.2 Å². The van der Waals surface area contributed by atoms with Crippen molar-refractivity contribution in [2.75, 3.05) is 24.7 Å². The van der Waals surface area contributed by atoms with Crippen LogP contribution in [-0.2, 0) is 13.1 Å². The highest BCUT2D eigenvalue weighted by Crippen LogP contribution is 2.27. The minimum absolute atomic E-state index is 0.277. The molecule has 26 heavy (non-hydrogen) atoms. The number of hydrogen-bond donors (Lipinski definition) is 3. The quantitative estimate of drug-likeness (QED) is 0.537. The molecule has 0 saturated carbocycles. The van der Waals surface area contributed by atoms with E-state index in [-0.39, 0.29) is 5.95 Å². The Labute approximate surface area is 153 Å². The molecule has 2 heterocycles. The summed E-state index contributed by atoms with van der Waals surface area (Å²) in [5.41, 5.74) is 15.5. The third kappa shape index (κ3) is 3.72. The van der Waals surface area contributed by atoms with E-state index in [1.165, 1.54) is 0 Å². The lowest BCUT2D eigenvalue weighted by Crippen LogP contribution is -2.09. The van der Waals surface area contributed by atoms with Gasteiger partial charge in [-0.25, -0.2) is 4.98 Å². The summed E-state index contributed by atoms with van der Waals surface area (Å²) < 4.78 is 7.66. The number of benzene rings is 1. The summed E-state index contributed by atoms with van der Waals surface area (Å²) in [6, 6.07) is 8.02. The van der Waals surface area contributed by atoms with Crippen LogP contribution >= 0.6 is 0 Å². The van der Waals surface area contributed by atoms with E-state index in [9.17, 15) is 0 Å². The second-order valence-corrected chi connectivity index (χ2v) is 6.24. The van der Waals surface area contributed by atoms with Crippen molar-refractivity contribution in [3.8, 4) is 5.75 Å². The van der Waals surface area contributed by atoms with Crippen LogP contribution in [0.1, 0.15) is 30.9 Å². The summed E-state index contributed by atoms with van der Waals surface area (Å²) in [6.07, 6.45) is 4.18. The Hall–Kier alpha value is -2.80. The first-order valence-electron chi connectivity index (χ1n) is 8.88. The first kappa shape index (κ1) is 18.0. The van der Waals surface area contributed by atoms with Gasteiger partial charge in [0.15, 0.2) is 5.82 Å². The molecule has 0 radical (unpaired) electrons. The van der Waals surface area contributed by atoms with Gasteiger partial charge < -0.3 is 26.1 Å². The second kappa shape index (κ2) is 8.05. The number of aromatic nitrogens is 3. The molecule has 3 rings (SSSR count). The first-order valence-corrected chi connectivity index (χ1v) is 8.88. The van der Waals surface area contributed by atoms with Crippen LogP contribution in [0.5, 0.6) is 5.75 Å². The molecular formula is C19H26N6O. The Morgan fingerprint density at radius 1 is 1.23 bits per heavy atom. The van der Waals surface area contributed by atoms with E-state index in [1.54, 1.807) is 7.11 Å². The summed E-state index contributed by atoms with van der Waals surface area (Å²) in [4.78, 5) is 8.76. The van der Waals surface area contributed by atoms with Crippen LogP contribution in [0, 0.1) is 0 Å². The minimum atomic E-state index is 0.277. The van der Waals surface area contributed by atoms with E-state index in [0.717, 1.165) is 53.1 Å². The summed E-state index contributed by atoms with van der Waals surface area (Å²) in [7, 11) is 1.68. The number of nitrogens with two attached hydrogens (primary N) is 2. The molecule has 0 atom stereocenters. The van der Waals surface area contributed by atoms with Crippen LogP contribution in [0.15, 0.2) is 30.5 Å². The van der Waals surface area contributed by atoms with Gasteiger partial charge in [-0.05, 0) is 24.1 Å². The molecule has 0 fully saturated rings. The van der Waals surface area contributed by atoms with Crippen molar-refractivity contribution in [2.24, 2.45) is 5.73 Å². The lowest BCUT2D eigenvalue weighted by atomic mass is 10.1. The molecule has 7 heteroatoms. The molecule has 0 bridgehead atoms. The van der Waals surface area contributed by atoms with E-state index in [2.05, 4.69) is 32.8 Å². The van der Waals surface area contributed by atoms with Crippen molar-refractivity contribution in [2.45, 2.75) is 32.9 Å². The molecule has 0 amide bonds. The van der Waals surface area contributed by atoms with Gasteiger partial charge in [0.25, 0.3) is 0 Å². The number of nitrogen functional groups attached to an aromatic ring is 1. The van der Waals surface area contributed by atoms with Crippen LogP contribution in [0.3, 0.4) is 0 Å². The molecule has 7 nitrogen and oxygen atoms in total. The zero-order valence-corrected chi connectivity index (χ0v) is 15.3. The maximum absolute atomic E-state index is 5.87. The average Bonchev–Trinajstić information content (AvgIpc) is 3.04.